The third-order valence-electron chi connectivity index (χ3n) is 3.77. The van der Waals surface area contributed by atoms with E-state index in [1.165, 1.54) is 0 Å². The van der Waals surface area contributed by atoms with Gasteiger partial charge in [0.25, 0.3) is 0 Å². The molecule has 0 N–H and O–H groups in total. The van der Waals surface area contributed by atoms with Crippen LogP contribution in [0.3, 0.4) is 0 Å². The lowest BCUT2D eigenvalue weighted by Crippen LogP contribution is -2.28. The van der Waals surface area contributed by atoms with E-state index in [0.29, 0.717) is 5.88 Å². The van der Waals surface area contributed by atoms with E-state index in [1.807, 2.05) is 53.6 Å². The molecular weight excluding hydrogens is 264 g/mol. The van der Waals surface area contributed by atoms with E-state index in [1.54, 1.807) is 6.92 Å². The summed E-state index contributed by atoms with van der Waals surface area (Å²) in [6, 6.07) is 13.6. The molecule has 1 saturated heterocycles. The van der Waals surface area contributed by atoms with Crippen molar-refractivity contribution in [3.63, 3.8) is 0 Å². The van der Waals surface area contributed by atoms with E-state index in [4.69, 9.17) is 4.74 Å². The zero-order valence-corrected chi connectivity index (χ0v) is 12.0. The first kappa shape index (κ1) is 13.6. The van der Waals surface area contributed by atoms with E-state index in [0.717, 1.165) is 30.7 Å². The normalized spacial score (nSPS) is 17.8. The number of rotatable bonds is 3. The first-order valence-electron chi connectivity index (χ1n) is 7.20. The molecule has 0 radical (unpaired) electrons. The maximum Gasteiger partial charge on any atom is 0.219 e. The minimum Gasteiger partial charge on any atom is -0.439 e. The topological polar surface area (TPSA) is 42.4 Å². The van der Waals surface area contributed by atoms with Crippen molar-refractivity contribution in [3.8, 4) is 11.6 Å². The number of pyridine rings is 1. The molecule has 1 atom stereocenters. The molecule has 1 aromatic heterocycles. The Morgan fingerprint density at radius 2 is 2.05 bits per heavy atom. The number of amides is 1. The monoisotopic (exact) mass is 282 g/mol. The maximum absolute atomic E-state index is 11.6. The van der Waals surface area contributed by atoms with Crippen molar-refractivity contribution < 1.29 is 9.53 Å². The van der Waals surface area contributed by atoms with E-state index in [9.17, 15) is 4.79 Å². The van der Waals surface area contributed by atoms with Crippen LogP contribution in [0, 0.1) is 0 Å². The first-order chi connectivity index (χ1) is 10.2. The van der Waals surface area contributed by atoms with Gasteiger partial charge in [0.05, 0.1) is 6.04 Å². The second-order valence-corrected chi connectivity index (χ2v) is 5.22. The van der Waals surface area contributed by atoms with Gasteiger partial charge in [-0.3, -0.25) is 4.79 Å². The van der Waals surface area contributed by atoms with Crippen molar-refractivity contribution in [1.82, 2.24) is 9.88 Å². The molecule has 4 nitrogen and oxygen atoms in total. The smallest absolute Gasteiger partial charge is 0.219 e. The second-order valence-electron chi connectivity index (χ2n) is 5.22. The molecule has 0 bridgehead atoms. The molecule has 2 heterocycles. The van der Waals surface area contributed by atoms with Crippen LogP contribution in [0.1, 0.15) is 31.4 Å². The molecule has 21 heavy (non-hydrogen) atoms. The van der Waals surface area contributed by atoms with Gasteiger partial charge in [0.1, 0.15) is 5.75 Å². The van der Waals surface area contributed by atoms with Crippen LogP contribution in [-0.4, -0.2) is 22.3 Å². The Hall–Kier alpha value is -2.36. The van der Waals surface area contributed by atoms with Crippen LogP contribution in [0.5, 0.6) is 11.6 Å². The third-order valence-corrected chi connectivity index (χ3v) is 3.77. The molecule has 1 amide bonds. The highest BCUT2D eigenvalue weighted by Crippen LogP contribution is 2.32. The number of likely N-dealkylation sites (tertiary alicyclic amines) is 1. The summed E-state index contributed by atoms with van der Waals surface area (Å²) in [4.78, 5) is 17.9. The van der Waals surface area contributed by atoms with E-state index < -0.39 is 0 Å². The molecule has 4 heteroatoms. The molecule has 0 unspecified atom stereocenters. The number of para-hydroxylation sites is 1. The third kappa shape index (κ3) is 3.05. The van der Waals surface area contributed by atoms with Crippen LogP contribution >= 0.6 is 0 Å². The largest absolute Gasteiger partial charge is 0.439 e. The van der Waals surface area contributed by atoms with Crippen LogP contribution in [0.2, 0.25) is 0 Å². The average molecular weight is 282 g/mol. The van der Waals surface area contributed by atoms with E-state index >= 15 is 0 Å². The number of hydrogen-bond donors (Lipinski definition) is 0. The SMILES string of the molecule is CC(=O)N1CCC[C@@H]1c1ccc(Oc2ccccc2)nc1. The summed E-state index contributed by atoms with van der Waals surface area (Å²) in [5.74, 6) is 1.46. The molecule has 108 valence electrons. The Bertz CT molecular complexity index is 610. The molecule has 0 aliphatic carbocycles. The van der Waals surface area contributed by atoms with Gasteiger partial charge in [0.2, 0.25) is 11.8 Å². The molecule has 1 fully saturated rings. The Balaban J connectivity index is 1.73. The molecule has 3 rings (SSSR count). The molecular formula is C17H18N2O2. The summed E-state index contributed by atoms with van der Waals surface area (Å²) in [5.41, 5.74) is 1.07. The Kier molecular flexibility index (Phi) is 3.86. The van der Waals surface area contributed by atoms with Gasteiger partial charge < -0.3 is 9.64 Å². The summed E-state index contributed by atoms with van der Waals surface area (Å²) < 4.78 is 5.68. The fourth-order valence-electron chi connectivity index (χ4n) is 2.75. The molecule has 0 spiro atoms. The summed E-state index contributed by atoms with van der Waals surface area (Å²) in [6.07, 6.45) is 3.86. The van der Waals surface area contributed by atoms with Crippen molar-refractivity contribution in [1.29, 1.82) is 0 Å². The van der Waals surface area contributed by atoms with Crippen LogP contribution in [-0.2, 0) is 4.79 Å². The van der Waals surface area contributed by atoms with Crippen LogP contribution < -0.4 is 4.74 Å². The lowest BCUT2D eigenvalue weighted by Gasteiger charge is -2.23. The lowest BCUT2D eigenvalue weighted by atomic mass is 10.1. The van der Waals surface area contributed by atoms with Crippen LogP contribution in [0.4, 0.5) is 0 Å². The van der Waals surface area contributed by atoms with Gasteiger partial charge >= 0.3 is 0 Å². The lowest BCUT2D eigenvalue weighted by molar-refractivity contribution is -0.129. The van der Waals surface area contributed by atoms with Crippen molar-refractivity contribution >= 4 is 5.91 Å². The zero-order valence-electron chi connectivity index (χ0n) is 12.0. The van der Waals surface area contributed by atoms with Crippen molar-refractivity contribution in [2.45, 2.75) is 25.8 Å². The fraction of sp³-hybridized carbons (Fsp3) is 0.294. The van der Waals surface area contributed by atoms with E-state index in [2.05, 4.69) is 4.98 Å². The number of ether oxygens (including phenoxy) is 1. The summed E-state index contributed by atoms with van der Waals surface area (Å²) >= 11 is 0. The number of aromatic nitrogens is 1. The van der Waals surface area contributed by atoms with Gasteiger partial charge in [-0.15, -0.1) is 0 Å². The summed E-state index contributed by atoms with van der Waals surface area (Å²) in [6.45, 7) is 2.46. The van der Waals surface area contributed by atoms with Crippen molar-refractivity contribution in [2.24, 2.45) is 0 Å². The molecule has 0 saturated carbocycles. The highest BCUT2D eigenvalue weighted by atomic mass is 16.5. The number of nitrogens with zero attached hydrogens (tertiary/aromatic N) is 2. The maximum atomic E-state index is 11.6. The molecule has 1 aromatic carbocycles. The van der Waals surface area contributed by atoms with Gasteiger partial charge in [-0.1, -0.05) is 24.3 Å². The molecule has 2 aromatic rings. The van der Waals surface area contributed by atoms with Crippen molar-refractivity contribution in [3.05, 3.63) is 54.2 Å². The summed E-state index contributed by atoms with van der Waals surface area (Å²) in [5, 5.41) is 0. The number of carbonyl (C=O) groups is 1. The number of benzene rings is 1. The van der Waals surface area contributed by atoms with Gasteiger partial charge in [-0.05, 0) is 30.5 Å². The Morgan fingerprint density at radius 3 is 2.71 bits per heavy atom. The molecule has 1 aliphatic heterocycles. The predicted molar refractivity (Wildman–Crippen MR) is 80.1 cm³/mol. The van der Waals surface area contributed by atoms with Gasteiger partial charge in [-0.2, -0.15) is 0 Å². The average Bonchev–Trinajstić information content (AvgIpc) is 2.99. The zero-order chi connectivity index (χ0) is 14.7. The highest BCUT2D eigenvalue weighted by Gasteiger charge is 2.27. The minimum absolute atomic E-state index is 0.127. The van der Waals surface area contributed by atoms with Crippen molar-refractivity contribution in [2.75, 3.05) is 6.54 Å². The second kappa shape index (κ2) is 5.95. The predicted octanol–water partition coefficient (Wildman–Crippen LogP) is 3.56. The van der Waals surface area contributed by atoms with E-state index in [-0.39, 0.29) is 11.9 Å². The van der Waals surface area contributed by atoms with Gasteiger partial charge in [0.15, 0.2) is 0 Å². The van der Waals surface area contributed by atoms with Gasteiger partial charge in [-0.25, -0.2) is 4.98 Å². The standard InChI is InChI=1S/C17H18N2O2/c1-13(20)19-11-5-8-16(19)14-9-10-17(18-12-14)21-15-6-3-2-4-7-15/h2-4,6-7,9-10,12,16H,5,8,11H2,1H3/t16-/m1/s1. The minimum atomic E-state index is 0.127. The number of hydrogen-bond acceptors (Lipinski definition) is 3. The first-order valence-corrected chi connectivity index (χ1v) is 7.20. The van der Waals surface area contributed by atoms with Gasteiger partial charge in [0, 0.05) is 25.7 Å². The Morgan fingerprint density at radius 1 is 1.24 bits per heavy atom. The van der Waals surface area contributed by atoms with Crippen LogP contribution in [0.25, 0.3) is 0 Å². The van der Waals surface area contributed by atoms with Crippen LogP contribution in [0.15, 0.2) is 48.7 Å². The fourth-order valence-corrected chi connectivity index (χ4v) is 2.75. The Labute approximate surface area is 124 Å². The summed E-state index contributed by atoms with van der Waals surface area (Å²) in [7, 11) is 0. The number of carbonyl (C=O) groups excluding carboxylic acids is 1. The highest BCUT2D eigenvalue weighted by molar-refractivity contribution is 5.74. The molecule has 1 aliphatic rings. The quantitative estimate of drug-likeness (QED) is 0.864.